The van der Waals surface area contributed by atoms with Gasteiger partial charge in [-0.3, -0.25) is 24.0 Å². The molecule has 0 aliphatic heterocycles. The Morgan fingerprint density at radius 3 is 2.07 bits per heavy atom. The predicted octanol–water partition coefficient (Wildman–Crippen LogP) is 10.3. The highest BCUT2D eigenvalue weighted by molar-refractivity contribution is 7.89. The van der Waals surface area contributed by atoms with E-state index in [0.717, 1.165) is 29.5 Å². The highest BCUT2D eigenvalue weighted by Crippen LogP contribution is 2.37. The number of carbonyl (C=O) groups is 5. The van der Waals surface area contributed by atoms with Crippen LogP contribution in [0.4, 0.5) is 0 Å². The first-order valence-electron chi connectivity index (χ1n) is 25.1. The van der Waals surface area contributed by atoms with E-state index in [2.05, 4.69) is 32.0 Å². The number of hydrogen-bond acceptors (Lipinski definition) is 10. The third-order valence-corrected chi connectivity index (χ3v) is 15.9. The van der Waals surface area contributed by atoms with Crippen molar-refractivity contribution in [2.24, 2.45) is 29.1 Å². The quantitative estimate of drug-likeness (QED) is 0.0450. The highest BCUT2D eigenvalue weighted by atomic mass is 32.2. The third-order valence-electron chi connectivity index (χ3n) is 14.1. The minimum Gasteiger partial charge on any atom is -0.497 e. The molecule has 1 aliphatic carbocycles. The third kappa shape index (κ3) is 15.6. The van der Waals surface area contributed by atoms with Crippen LogP contribution in [0, 0.1) is 42.9 Å². The second kappa shape index (κ2) is 25.7. The number of aliphatic hydroxyl groups is 1. The number of methoxy groups -OCH3 is 1. The summed E-state index contributed by atoms with van der Waals surface area (Å²) in [5.41, 5.74) is 4.88. The van der Waals surface area contributed by atoms with Crippen molar-refractivity contribution in [3.63, 3.8) is 0 Å². The number of hydrogen-bond donors (Lipinski definition) is 1. The Hall–Kier alpha value is -5.30. The van der Waals surface area contributed by atoms with Crippen LogP contribution < -0.4 is 4.74 Å². The molecular formula is C58H75NO10S. The van der Waals surface area contributed by atoms with Gasteiger partial charge in [0.2, 0.25) is 21.6 Å². The maximum atomic E-state index is 14.2. The van der Waals surface area contributed by atoms with Gasteiger partial charge in [-0.1, -0.05) is 120 Å². The first kappa shape index (κ1) is 55.6. The molecule has 1 N–H and O–H groups in total. The lowest BCUT2D eigenvalue weighted by Crippen LogP contribution is -2.43. The van der Waals surface area contributed by atoms with Gasteiger partial charge >= 0.3 is 5.97 Å². The SMILES string of the molecule is CCC(C)(C)C(=O)C(=O)C1CCCCC1C(=O)OC(CCc1ccc(C)c(C)c1)c1cccc(CC(=O)CCC(=O)C[C@@H](Cc2ccccc2)[C@H](O)CN(CC(C)C)S(=O)(=O)c2ccc(OC)cc2)c1. The van der Waals surface area contributed by atoms with Gasteiger partial charge in [-0.15, -0.1) is 0 Å². The molecule has 4 aromatic rings. The van der Waals surface area contributed by atoms with Gasteiger partial charge in [-0.05, 0) is 122 Å². The summed E-state index contributed by atoms with van der Waals surface area (Å²) in [7, 11) is -2.51. The lowest BCUT2D eigenvalue weighted by molar-refractivity contribution is -0.161. The van der Waals surface area contributed by atoms with Crippen molar-refractivity contribution in [2.45, 2.75) is 143 Å². The van der Waals surface area contributed by atoms with Crippen molar-refractivity contribution in [3.8, 4) is 5.75 Å². The fraction of sp³-hybridized carbons (Fsp3) is 0.500. The number of rotatable bonds is 27. The van der Waals surface area contributed by atoms with E-state index in [0.29, 0.717) is 55.4 Å². The molecule has 0 radical (unpaired) electrons. The van der Waals surface area contributed by atoms with E-state index in [1.54, 1.807) is 26.0 Å². The Bertz CT molecular complexity index is 2520. The van der Waals surface area contributed by atoms with E-state index in [1.807, 2.05) is 75.4 Å². The van der Waals surface area contributed by atoms with Crippen molar-refractivity contribution in [2.75, 3.05) is 20.2 Å². The molecule has 0 aromatic heterocycles. The Labute approximate surface area is 416 Å². The van der Waals surface area contributed by atoms with Gasteiger partial charge in [0.1, 0.15) is 23.4 Å². The summed E-state index contributed by atoms with van der Waals surface area (Å²) >= 11 is 0. The van der Waals surface area contributed by atoms with Crippen molar-refractivity contribution < 1.29 is 47.0 Å². The van der Waals surface area contributed by atoms with Crippen molar-refractivity contribution in [1.82, 2.24) is 4.31 Å². The molecule has 1 saturated carbocycles. The van der Waals surface area contributed by atoms with Crippen LogP contribution >= 0.6 is 0 Å². The number of ketones is 4. The number of aryl methyl sites for hydroxylation is 3. The summed E-state index contributed by atoms with van der Waals surface area (Å²) in [6.07, 6.45) is 2.34. The van der Waals surface area contributed by atoms with Gasteiger partial charge in [0, 0.05) is 50.1 Å². The molecule has 11 nitrogen and oxygen atoms in total. The van der Waals surface area contributed by atoms with Crippen LogP contribution in [0.1, 0.15) is 132 Å². The van der Waals surface area contributed by atoms with Crippen LogP contribution in [0.15, 0.2) is 102 Å². The van der Waals surface area contributed by atoms with Crippen molar-refractivity contribution in [1.29, 1.82) is 0 Å². The second-order valence-corrected chi connectivity index (χ2v) is 22.4. The molecule has 0 spiro atoms. The molecule has 70 heavy (non-hydrogen) atoms. The number of carbonyl (C=O) groups excluding carboxylic acids is 5. The smallest absolute Gasteiger partial charge is 0.310 e. The Balaban J connectivity index is 1.29. The van der Waals surface area contributed by atoms with Crippen LogP contribution in [0.25, 0.3) is 0 Å². The summed E-state index contributed by atoms with van der Waals surface area (Å²) in [4.78, 5) is 68.6. The average molecular weight is 978 g/mol. The van der Waals surface area contributed by atoms with Gasteiger partial charge in [0.15, 0.2) is 0 Å². The van der Waals surface area contributed by atoms with E-state index in [1.165, 1.54) is 29.1 Å². The monoisotopic (exact) mass is 978 g/mol. The summed E-state index contributed by atoms with van der Waals surface area (Å²) in [6.45, 7) is 13.3. The maximum absolute atomic E-state index is 14.2. The zero-order chi connectivity index (χ0) is 51.2. The number of aliphatic hydroxyl groups excluding tert-OH is 1. The molecule has 3 unspecified atom stereocenters. The molecule has 5 atom stereocenters. The molecule has 12 heteroatoms. The first-order chi connectivity index (χ1) is 33.2. The first-order valence-corrected chi connectivity index (χ1v) is 26.5. The number of ether oxygens (including phenoxy) is 2. The van der Waals surface area contributed by atoms with Gasteiger partial charge < -0.3 is 14.6 Å². The number of Topliss-reactive ketones (excluding diaryl/α,β-unsaturated/α-hetero) is 4. The van der Waals surface area contributed by atoms with Crippen LogP contribution in [-0.2, 0) is 58.0 Å². The van der Waals surface area contributed by atoms with E-state index in [-0.39, 0.29) is 61.2 Å². The van der Waals surface area contributed by atoms with Gasteiger partial charge in [0.05, 0.1) is 24.0 Å². The molecule has 0 bridgehead atoms. The zero-order valence-corrected chi connectivity index (χ0v) is 43.4. The van der Waals surface area contributed by atoms with E-state index in [9.17, 15) is 37.5 Å². The molecule has 0 heterocycles. The topological polar surface area (TPSA) is 161 Å². The molecule has 1 fully saturated rings. The average Bonchev–Trinajstić information content (AvgIpc) is 3.34. The molecule has 0 amide bonds. The highest BCUT2D eigenvalue weighted by Gasteiger charge is 2.43. The van der Waals surface area contributed by atoms with E-state index < -0.39 is 62.9 Å². The lowest BCUT2D eigenvalue weighted by atomic mass is 9.72. The molecule has 0 saturated heterocycles. The van der Waals surface area contributed by atoms with Crippen LogP contribution in [0.5, 0.6) is 5.75 Å². The molecule has 378 valence electrons. The van der Waals surface area contributed by atoms with Gasteiger partial charge in [0.25, 0.3) is 0 Å². The number of sulfonamides is 1. The van der Waals surface area contributed by atoms with Crippen LogP contribution in [0.2, 0.25) is 0 Å². The van der Waals surface area contributed by atoms with Gasteiger partial charge in [-0.2, -0.15) is 4.31 Å². The summed E-state index contributed by atoms with van der Waals surface area (Å²) in [5.74, 6) is -3.44. The predicted molar refractivity (Wildman–Crippen MR) is 273 cm³/mol. The van der Waals surface area contributed by atoms with Crippen molar-refractivity contribution in [3.05, 3.63) is 130 Å². The van der Waals surface area contributed by atoms with Crippen LogP contribution in [-0.4, -0.2) is 73.2 Å². The summed E-state index contributed by atoms with van der Waals surface area (Å²) in [5, 5.41) is 11.8. The Morgan fingerprint density at radius 2 is 1.43 bits per heavy atom. The summed E-state index contributed by atoms with van der Waals surface area (Å²) in [6, 6.07) is 29.2. The van der Waals surface area contributed by atoms with Crippen LogP contribution in [0.3, 0.4) is 0 Å². The minimum atomic E-state index is -4.02. The number of nitrogens with zero attached hydrogens (tertiary/aromatic N) is 1. The minimum absolute atomic E-state index is 0.0294. The molecular weight excluding hydrogens is 903 g/mol. The standard InChI is InChI=1S/C58H75NO10S/c1-9-58(6,7)56(64)55(63)51-20-13-14-21-52(51)57(65)69-54(31-24-43-23-22-40(4)41(5)32-43)45-19-15-18-44(34-45)35-47(60)25-26-48(61)36-46(33-42-16-11-10-12-17-42)53(62)38-59(37-39(2)3)70(66,67)50-29-27-49(68-8)28-30-50/h10-12,15-19,22-23,27-30,32,34,39,46,51-54,62H,9,13-14,20-21,24-26,31,33,35-38H2,1-8H3/t46-,51?,52?,53-,54?/m1/s1. The van der Waals surface area contributed by atoms with E-state index in [4.69, 9.17) is 9.47 Å². The number of benzene rings is 4. The summed E-state index contributed by atoms with van der Waals surface area (Å²) < 4.78 is 40.7. The fourth-order valence-corrected chi connectivity index (χ4v) is 10.9. The van der Waals surface area contributed by atoms with E-state index >= 15 is 0 Å². The lowest BCUT2D eigenvalue weighted by Gasteiger charge is -2.32. The fourth-order valence-electron chi connectivity index (χ4n) is 9.25. The number of esters is 1. The zero-order valence-electron chi connectivity index (χ0n) is 42.6. The largest absolute Gasteiger partial charge is 0.497 e. The second-order valence-electron chi connectivity index (χ2n) is 20.4. The molecule has 1 aliphatic rings. The Kier molecular flexibility index (Phi) is 20.4. The Morgan fingerprint density at radius 1 is 0.771 bits per heavy atom. The molecule has 5 rings (SSSR count). The van der Waals surface area contributed by atoms with Gasteiger partial charge in [-0.25, -0.2) is 8.42 Å². The van der Waals surface area contributed by atoms with Crippen molar-refractivity contribution >= 4 is 39.1 Å². The normalized spacial score (nSPS) is 16.6. The molecule has 4 aromatic carbocycles. The maximum Gasteiger partial charge on any atom is 0.310 e.